The maximum atomic E-state index is 12.5. The fourth-order valence-corrected chi connectivity index (χ4v) is 3.11. The van der Waals surface area contributed by atoms with E-state index < -0.39 is 10.0 Å². The first-order valence-corrected chi connectivity index (χ1v) is 9.41. The van der Waals surface area contributed by atoms with Crippen LogP contribution in [0.3, 0.4) is 0 Å². The van der Waals surface area contributed by atoms with Gasteiger partial charge in [-0.3, -0.25) is 9.52 Å². The molecule has 0 aliphatic heterocycles. The predicted octanol–water partition coefficient (Wildman–Crippen LogP) is 2.52. The van der Waals surface area contributed by atoms with E-state index in [1.807, 2.05) is 0 Å². The van der Waals surface area contributed by atoms with E-state index in [4.69, 9.17) is 4.74 Å². The lowest BCUT2D eigenvalue weighted by atomic mass is 10.1. The van der Waals surface area contributed by atoms with Gasteiger partial charge in [-0.05, 0) is 37.0 Å². The average molecular weight is 349 g/mol. The lowest BCUT2D eigenvalue weighted by Gasteiger charge is -2.12. The Morgan fingerprint density at radius 1 is 1.29 bits per heavy atom. The maximum absolute atomic E-state index is 12.5. The van der Waals surface area contributed by atoms with Gasteiger partial charge in [-0.1, -0.05) is 0 Å². The van der Waals surface area contributed by atoms with Crippen LogP contribution in [0.4, 0.5) is 11.4 Å². The van der Waals surface area contributed by atoms with Crippen LogP contribution < -0.4 is 14.8 Å². The van der Waals surface area contributed by atoms with E-state index in [1.165, 1.54) is 7.11 Å². The number of carbonyl (C=O) groups excluding carboxylic acids is 1. The van der Waals surface area contributed by atoms with E-state index in [0.717, 1.165) is 24.8 Å². The predicted molar refractivity (Wildman–Crippen MR) is 92.2 cm³/mol. The molecule has 1 aliphatic rings. The van der Waals surface area contributed by atoms with E-state index in [1.54, 1.807) is 30.5 Å². The van der Waals surface area contributed by atoms with Crippen LogP contribution in [0.5, 0.6) is 5.75 Å². The third-order valence-electron chi connectivity index (χ3n) is 3.76. The van der Waals surface area contributed by atoms with Crippen molar-refractivity contribution < 1.29 is 17.9 Å². The number of hydrogen-bond acceptors (Lipinski definition) is 4. The van der Waals surface area contributed by atoms with E-state index in [-0.39, 0.29) is 5.91 Å². The molecule has 3 N–H and O–H groups in total. The monoisotopic (exact) mass is 349 g/mol. The van der Waals surface area contributed by atoms with E-state index in [9.17, 15) is 13.2 Å². The normalized spacial score (nSPS) is 14.2. The largest absolute Gasteiger partial charge is 0.494 e. The van der Waals surface area contributed by atoms with E-state index in [2.05, 4.69) is 15.0 Å². The highest BCUT2D eigenvalue weighted by atomic mass is 32.2. The first kappa shape index (κ1) is 16.4. The van der Waals surface area contributed by atoms with Gasteiger partial charge in [0.1, 0.15) is 5.75 Å². The summed E-state index contributed by atoms with van der Waals surface area (Å²) in [5.41, 5.74) is 2.45. The Bertz CT molecular complexity index is 869. The maximum Gasteiger partial charge on any atom is 0.257 e. The second kappa shape index (κ2) is 6.20. The number of rotatable bonds is 6. The Labute approximate surface area is 140 Å². The summed E-state index contributed by atoms with van der Waals surface area (Å²) in [4.78, 5) is 15.6. The Morgan fingerprint density at radius 3 is 2.67 bits per heavy atom. The number of benzene rings is 1. The number of sulfonamides is 1. The number of nitrogens with one attached hydrogen (secondary N) is 3. The number of aromatic nitrogens is 1. The number of H-pyrrole nitrogens is 1. The summed E-state index contributed by atoms with van der Waals surface area (Å²) in [6.45, 7) is 0. The number of anilines is 2. The first-order chi connectivity index (χ1) is 11.4. The average Bonchev–Trinajstić information content (AvgIpc) is 3.24. The topological polar surface area (TPSA) is 100 Å². The summed E-state index contributed by atoms with van der Waals surface area (Å²) < 4.78 is 30.3. The van der Waals surface area contributed by atoms with Crippen LogP contribution in [0, 0.1) is 0 Å². The highest BCUT2D eigenvalue weighted by Crippen LogP contribution is 2.41. The molecule has 0 atom stereocenters. The molecule has 1 heterocycles. The number of amides is 1. The molecule has 1 saturated carbocycles. The first-order valence-electron chi connectivity index (χ1n) is 7.52. The van der Waals surface area contributed by atoms with Gasteiger partial charge in [0.05, 0.1) is 24.6 Å². The standard InChI is InChI=1S/C16H19N3O4S/c1-23-14-9-11(5-6-13(14)19-24(2,21)22)18-16(20)12-7-8-17-15(12)10-3-4-10/h5-10,17,19H,3-4H2,1-2H3,(H,18,20). The fourth-order valence-electron chi connectivity index (χ4n) is 2.54. The minimum atomic E-state index is -3.41. The zero-order valence-corrected chi connectivity index (χ0v) is 14.2. The molecule has 0 radical (unpaired) electrons. The van der Waals surface area contributed by atoms with Crippen LogP contribution in [0.1, 0.15) is 34.8 Å². The molecule has 1 fully saturated rings. The molecule has 2 aromatic rings. The smallest absolute Gasteiger partial charge is 0.257 e. The molecule has 0 saturated heterocycles. The van der Waals surface area contributed by atoms with Crippen LogP contribution in [-0.2, 0) is 10.0 Å². The number of hydrogen-bond donors (Lipinski definition) is 3. The highest BCUT2D eigenvalue weighted by Gasteiger charge is 2.29. The van der Waals surface area contributed by atoms with Gasteiger partial charge in [0.25, 0.3) is 5.91 Å². The van der Waals surface area contributed by atoms with E-state index >= 15 is 0 Å². The quantitative estimate of drug-likeness (QED) is 0.746. The van der Waals surface area contributed by atoms with Gasteiger partial charge in [-0.2, -0.15) is 0 Å². The molecule has 128 valence electrons. The zero-order chi connectivity index (χ0) is 17.3. The molecule has 1 aromatic carbocycles. The van der Waals surface area contributed by atoms with Crippen molar-refractivity contribution in [3.05, 3.63) is 41.7 Å². The molecule has 3 rings (SSSR count). The van der Waals surface area contributed by atoms with Crippen LogP contribution >= 0.6 is 0 Å². The van der Waals surface area contributed by atoms with Gasteiger partial charge < -0.3 is 15.0 Å². The van der Waals surface area contributed by atoms with Gasteiger partial charge >= 0.3 is 0 Å². The van der Waals surface area contributed by atoms with Crippen molar-refractivity contribution in [2.24, 2.45) is 0 Å². The van der Waals surface area contributed by atoms with Gasteiger partial charge in [0.2, 0.25) is 10.0 Å². The van der Waals surface area contributed by atoms with E-state index in [0.29, 0.717) is 28.6 Å². The van der Waals surface area contributed by atoms with Gasteiger partial charge in [-0.15, -0.1) is 0 Å². The van der Waals surface area contributed by atoms with Crippen LogP contribution in [0.15, 0.2) is 30.5 Å². The highest BCUT2D eigenvalue weighted by molar-refractivity contribution is 7.92. The van der Waals surface area contributed by atoms with Gasteiger partial charge in [0, 0.05) is 23.6 Å². The minimum Gasteiger partial charge on any atom is -0.494 e. The lowest BCUT2D eigenvalue weighted by molar-refractivity contribution is 0.102. The molecule has 0 spiro atoms. The molecule has 0 unspecified atom stereocenters. The Hall–Kier alpha value is -2.48. The Morgan fingerprint density at radius 2 is 2.04 bits per heavy atom. The molecule has 1 aromatic heterocycles. The van der Waals surface area contributed by atoms with Crippen molar-refractivity contribution >= 4 is 27.3 Å². The molecule has 1 aliphatic carbocycles. The van der Waals surface area contributed by atoms with Crippen molar-refractivity contribution in [2.75, 3.05) is 23.4 Å². The summed E-state index contributed by atoms with van der Waals surface area (Å²) in [5, 5.41) is 2.82. The second-order valence-electron chi connectivity index (χ2n) is 5.82. The molecule has 0 bridgehead atoms. The number of aromatic amines is 1. The summed E-state index contributed by atoms with van der Waals surface area (Å²) in [6.07, 6.45) is 5.02. The summed E-state index contributed by atoms with van der Waals surface area (Å²) in [6, 6.07) is 6.51. The lowest BCUT2D eigenvalue weighted by Crippen LogP contribution is -2.14. The Kier molecular flexibility index (Phi) is 4.23. The van der Waals surface area contributed by atoms with Crippen LogP contribution in [-0.4, -0.2) is 32.7 Å². The summed E-state index contributed by atoms with van der Waals surface area (Å²) in [5.74, 6) is 0.565. The second-order valence-corrected chi connectivity index (χ2v) is 7.57. The third kappa shape index (κ3) is 3.70. The molecule has 1 amide bonds. The van der Waals surface area contributed by atoms with Crippen molar-refractivity contribution in [1.29, 1.82) is 0 Å². The number of carbonyl (C=O) groups is 1. The Balaban J connectivity index is 1.79. The summed E-state index contributed by atoms with van der Waals surface area (Å²) >= 11 is 0. The fraction of sp³-hybridized carbons (Fsp3) is 0.312. The molecular formula is C16H19N3O4S. The number of ether oxygens (including phenoxy) is 1. The molecule has 8 heteroatoms. The third-order valence-corrected chi connectivity index (χ3v) is 4.35. The van der Waals surface area contributed by atoms with Gasteiger partial charge in [0.15, 0.2) is 0 Å². The van der Waals surface area contributed by atoms with Crippen LogP contribution in [0.2, 0.25) is 0 Å². The van der Waals surface area contributed by atoms with Crippen molar-refractivity contribution in [2.45, 2.75) is 18.8 Å². The van der Waals surface area contributed by atoms with Crippen LogP contribution in [0.25, 0.3) is 0 Å². The minimum absolute atomic E-state index is 0.205. The molecule has 7 nitrogen and oxygen atoms in total. The zero-order valence-electron chi connectivity index (χ0n) is 13.4. The molecular weight excluding hydrogens is 330 g/mol. The number of methoxy groups -OCH3 is 1. The van der Waals surface area contributed by atoms with Crippen molar-refractivity contribution in [3.8, 4) is 5.75 Å². The summed E-state index contributed by atoms with van der Waals surface area (Å²) in [7, 11) is -1.97. The van der Waals surface area contributed by atoms with Crippen molar-refractivity contribution in [3.63, 3.8) is 0 Å². The van der Waals surface area contributed by atoms with Gasteiger partial charge in [-0.25, -0.2) is 8.42 Å². The SMILES string of the molecule is COc1cc(NC(=O)c2cc[nH]c2C2CC2)ccc1NS(C)(=O)=O. The van der Waals surface area contributed by atoms with Crippen molar-refractivity contribution in [1.82, 2.24) is 4.98 Å². The molecule has 24 heavy (non-hydrogen) atoms.